The van der Waals surface area contributed by atoms with E-state index in [9.17, 15) is 9.59 Å². The summed E-state index contributed by atoms with van der Waals surface area (Å²) in [7, 11) is 0. The molecule has 4 nitrogen and oxygen atoms in total. The Kier molecular flexibility index (Phi) is 3.32. The van der Waals surface area contributed by atoms with Crippen molar-refractivity contribution in [1.82, 2.24) is 4.90 Å². The van der Waals surface area contributed by atoms with Crippen molar-refractivity contribution in [2.75, 3.05) is 13.2 Å². The molecule has 2 heterocycles. The number of hydrogen-bond donors (Lipinski definition) is 0. The maximum atomic E-state index is 12.4. The summed E-state index contributed by atoms with van der Waals surface area (Å²) in [5.74, 6) is -0.278. The van der Waals surface area contributed by atoms with Crippen LogP contribution in [0.2, 0.25) is 0 Å². The first-order valence-corrected chi connectivity index (χ1v) is 7.33. The number of fused-ring (bicyclic) bond motifs is 1. The zero-order chi connectivity index (χ0) is 15.0. The Morgan fingerprint density at radius 3 is 2.71 bits per heavy atom. The fourth-order valence-corrected chi connectivity index (χ4v) is 3.14. The van der Waals surface area contributed by atoms with Gasteiger partial charge in [-0.25, -0.2) is 4.79 Å². The molecule has 0 aliphatic carbocycles. The van der Waals surface area contributed by atoms with Crippen LogP contribution in [-0.4, -0.2) is 35.5 Å². The number of carbonyl (C=O) groups is 2. The second kappa shape index (κ2) is 5.02. The molecule has 1 aromatic rings. The molecule has 1 saturated heterocycles. The molecular formula is C17H19NO3. The van der Waals surface area contributed by atoms with Gasteiger partial charge in [-0.15, -0.1) is 0 Å². The molecular weight excluding hydrogens is 266 g/mol. The highest BCUT2D eigenvalue weighted by Crippen LogP contribution is 2.41. The summed E-state index contributed by atoms with van der Waals surface area (Å²) < 4.78 is 5.20. The standard InChI is InChI=1S/C17H19NO3/c1-3-21-16(20)17-9-8-15(19)18(17)11-14(10-17)13-6-4-12(2)5-7-13/h4-7,10H,3,8-9,11H2,1-2H3. The minimum atomic E-state index is -0.882. The van der Waals surface area contributed by atoms with Gasteiger partial charge >= 0.3 is 5.97 Å². The molecule has 110 valence electrons. The van der Waals surface area contributed by atoms with Crippen LogP contribution in [0, 0.1) is 6.92 Å². The normalized spacial score (nSPS) is 24.0. The lowest BCUT2D eigenvalue weighted by Gasteiger charge is -2.28. The molecule has 0 saturated carbocycles. The number of rotatable bonds is 3. The summed E-state index contributed by atoms with van der Waals surface area (Å²) >= 11 is 0. The Balaban J connectivity index is 1.98. The molecule has 2 aliphatic heterocycles. The van der Waals surface area contributed by atoms with Crippen molar-refractivity contribution < 1.29 is 14.3 Å². The number of amides is 1. The van der Waals surface area contributed by atoms with Crippen molar-refractivity contribution in [1.29, 1.82) is 0 Å². The quantitative estimate of drug-likeness (QED) is 0.801. The van der Waals surface area contributed by atoms with Crippen LogP contribution in [0.4, 0.5) is 0 Å². The van der Waals surface area contributed by atoms with E-state index in [1.165, 1.54) is 5.56 Å². The first-order valence-electron chi connectivity index (χ1n) is 7.33. The van der Waals surface area contributed by atoms with Crippen molar-refractivity contribution in [2.24, 2.45) is 0 Å². The maximum Gasteiger partial charge on any atom is 0.336 e. The minimum Gasteiger partial charge on any atom is -0.464 e. The predicted octanol–water partition coefficient (Wildman–Crippen LogP) is 2.32. The largest absolute Gasteiger partial charge is 0.464 e. The third-order valence-electron chi connectivity index (χ3n) is 4.30. The van der Waals surface area contributed by atoms with Crippen LogP contribution in [0.25, 0.3) is 5.57 Å². The summed E-state index contributed by atoms with van der Waals surface area (Å²) in [6, 6.07) is 8.15. The van der Waals surface area contributed by atoms with Gasteiger partial charge in [0.25, 0.3) is 0 Å². The van der Waals surface area contributed by atoms with Gasteiger partial charge in [-0.3, -0.25) is 4.79 Å². The van der Waals surface area contributed by atoms with E-state index in [0.29, 0.717) is 26.0 Å². The fraction of sp³-hybridized carbons (Fsp3) is 0.412. The molecule has 3 rings (SSSR count). The Bertz CT molecular complexity index is 617. The molecule has 1 atom stereocenters. The van der Waals surface area contributed by atoms with Crippen molar-refractivity contribution in [3.05, 3.63) is 41.5 Å². The van der Waals surface area contributed by atoms with Gasteiger partial charge in [0.15, 0.2) is 5.54 Å². The maximum absolute atomic E-state index is 12.4. The number of hydrogen-bond acceptors (Lipinski definition) is 3. The van der Waals surface area contributed by atoms with E-state index < -0.39 is 5.54 Å². The zero-order valence-electron chi connectivity index (χ0n) is 12.4. The summed E-state index contributed by atoms with van der Waals surface area (Å²) in [6.07, 6.45) is 2.86. The van der Waals surface area contributed by atoms with Crippen LogP contribution < -0.4 is 0 Å². The highest BCUT2D eigenvalue weighted by molar-refractivity contribution is 5.98. The summed E-state index contributed by atoms with van der Waals surface area (Å²) in [4.78, 5) is 26.1. The Morgan fingerprint density at radius 1 is 1.33 bits per heavy atom. The average molecular weight is 285 g/mol. The molecule has 21 heavy (non-hydrogen) atoms. The number of benzene rings is 1. The molecule has 0 N–H and O–H groups in total. The van der Waals surface area contributed by atoms with Gasteiger partial charge in [0.05, 0.1) is 6.61 Å². The second-order valence-electron chi connectivity index (χ2n) is 5.66. The van der Waals surface area contributed by atoms with Crippen molar-refractivity contribution in [3.8, 4) is 0 Å². The number of nitrogens with zero attached hydrogens (tertiary/aromatic N) is 1. The monoisotopic (exact) mass is 285 g/mol. The highest BCUT2D eigenvalue weighted by atomic mass is 16.5. The lowest BCUT2D eigenvalue weighted by atomic mass is 9.95. The SMILES string of the molecule is CCOC(=O)C12C=C(c3ccc(C)cc3)CN1C(=O)CC2. The summed E-state index contributed by atoms with van der Waals surface area (Å²) in [5, 5.41) is 0. The highest BCUT2D eigenvalue weighted by Gasteiger charge is 2.54. The smallest absolute Gasteiger partial charge is 0.336 e. The Labute approximate surface area is 124 Å². The lowest BCUT2D eigenvalue weighted by Crippen LogP contribution is -2.48. The van der Waals surface area contributed by atoms with E-state index >= 15 is 0 Å². The van der Waals surface area contributed by atoms with Crippen LogP contribution in [0.3, 0.4) is 0 Å². The van der Waals surface area contributed by atoms with Gasteiger partial charge in [0, 0.05) is 13.0 Å². The third-order valence-corrected chi connectivity index (χ3v) is 4.30. The molecule has 4 heteroatoms. The molecule has 1 unspecified atom stereocenters. The van der Waals surface area contributed by atoms with Crippen LogP contribution >= 0.6 is 0 Å². The molecule has 1 fully saturated rings. The van der Waals surface area contributed by atoms with E-state index in [4.69, 9.17) is 4.74 Å². The molecule has 1 aromatic carbocycles. The molecule has 0 spiro atoms. The van der Waals surface area contributed by atoms with E-state index in [1.807, 2.05) is 37.3 Å². The lowest BCUT2D eigenvalue weighted by molar-refractivity contribution is -0.155. The third kappa shape index (κ3) is 2.15. The Morgan fingerprint density at radius 2 is 2.05 bits per heavy atom. The predicted molar refractivity (Wildman–Crippen MR) is 79.5 cm³/mol. The topological polar surface area (TPSA) is 46.6 Å². The minimum absolute atomic E-state index is 0.0291. The van der Waals surface area contributed by atoms with Gasteiger partial charge in [0.2, 0.25) is 5.91 Å². The van der Waals surface area contributed by atoms with Crippen LogP contribution in [0.1, 0.15) is 30.9 Å². The van der Waals surface area contributed by atoms with E-state index in [0.717, 1.165) is 11.1 Å². The van der Waals surface area contributed by atoms with Gasteiger partial charge in [0.1, 0.15) is 0 Å². The molecule has 0 aromatic heterocycles. The van der Waals surface area contributed by atoms with Gasteiger partial charge < -0.3 is 9.64 Å². The Hall–Kier alpha value is -2.10. The first kappa shape index (κ1) is 13.9. The average Bonchev–Trinajstić information content (AvgIpc) is 2.99. The van der Waals surface area contributed by atoms with E-state index in [2.05, 4.69) is 0 Å². The number of carbonyl (C=O) groups excluding carboxylic acids is 2. The molecule has 2 aliphatic rings. The van der Waals surface area contributed by atoms with E-state index in [1.54, 1.807) is 11.8 Å². The molecule has 0 bridgehead atoms. The first-order chi connectivity index (χ1) is 10.1. The summed E-state index contributed by atoms with van der Waals surface area (Å²) in [6.45, 7) is 4.64. The number of ether oxygens (including phenoxy) is 1. The van der Waals surface area contributed by atoms with E-state index in [-0.39, 0.29) is 11.9 Å². The van der Waals surface area contributed by atoms with Crippen LogP contribution in [0.5, 0.6) is 0 Å². The van der Waals surface area contributed by atoms with Crippen LogP contribution in [-0.2, 0) is 14.3 Å². The van der Waals surface area contributed by atoms with Crippen molar-refractivity contribution in [3.63, 3.8) is 0 Å². The van der Waals surface area contributed by atoms with Gasteiger partial charge in [-0.2, -0.15) is 0 Å². The van der Waals surface area contributed by atoms with Gasteiger partial charge in [-0.1, -0.05) is 29.8 Å². The fourth-order valence-electron chi connectivity index (χ4n) is 3.14. The molecule has 1 amide bonds. The van der Waals surface area contributed by atoms with Crippen LogP contribution in [0.15, 0.2) is 30.3 Å². The van der Waals surface area contributed by atoms with Crippen molar-refractivity contribution >= 4 is 17.4 Å². The van der Waals surface area contributed by atoms with Gasteiger partial charge in [-0.05, 0) is 37.5 Å². The second-order valence-corrected chi connectivity index (χ2v) is 5.66. The number of aryl methyl sites for hydroxylation is 1. The summed E-state index contributed by atoms with van der Waals surface area (Å²) in [5.41, 5.74) is 2.39. The molecule has 0 radical (unpaired) electrons. The number of esters is 1. The van der Waals surface area contributed by atoms with Crippen molar-refractivity contribution in [2.45, 2.75) is 32.2 Å². The zero-order valence-corrected chi connectivity index (χ0v) is 12.4.